The van der Waals surface area contributed by atoms with Gasteiger partial charge in [-0.3, -0.25) is 4.79 Å². The van der Waals surface area contributed by atoms with E-state index in [4.69, 9.17) is 5.73 Å². The zero-order valence-corrected chi connectivity index (χ0v) is 10.9. The monoisotopic (exact) mass is 299 g/mol. The van der Waals surface area contributed by atoms with Crippen molar-refractivity contribution in [2.75, 3.05) is 5.32 Å². The molecule has 3 N–H and O–H groups in total. The Morgan fingerprint density at radius 3 is 2.38 bits per heavy atom. The fourth-order valence-electron chi connectivity index (χ4n) is 1.43. The maximum atomic E-state index is 12.6. The van der Waals surface area contributed by atoms with Crippen LogP contribution >= 0.6 is 0 Å². The number of rotatable bonds is 3. The molecular formula is C12H12F3N5O. The number of halogens is 3. The molecule has 1 aromatic heterocycles. The molecule has 1 atom stereocenters. The van der Waals surface area contributed by atoms with Crippen molar-refractivity contribution >= 4 is 11.6 Å². The second-order valence-electron chi connectivity index (χ2n) is 4.54. The Kier molecular flexibility index (Phi) is 3.69. The third-order valence-corrected chi connectivity index (χ3v) is 2.87. The van der Waals surface area contributed by atoms with Crippen LogP contribution in [0.2, 0.25) is 0 Å². The van der Waals surface area contributed by atoms with Gasteiger partial charge in [-0.25, -0.2) is 9.67 Å². The van der Waals surface area contributed by atoms with Crippen molar-refractivity contribution in [1.82, 2.24) is 14.8 Å². The van der Waals surface area contributed by atoms with Crippen LogP contribution < -0.4 is 11.1 Å². The Bertz CT molecular complexity index is 619. The summed E-state index contributed by atoms with van der Waals surface area (Å²) in [5.41, 5.74) is 2.92. The highest BCUT2D eigenvalue weighted by atomic mass is 19.4. The van der Waals surface area contributed by atoms with Gasteiger partial charge in [0.15, 0.2) is 5.54 Å². The predicted molar refractivity (Wildman–Crippen MR) is 68.6 cm³/mol. The molecule has 6 nitrogen and oxygen atoms in total. The van der Waals surface area contributed by atoms with E-state index in [0.29, 0.717) is 12.6 Å². The third kappa shape index (κ3) is 3.02. The molecule has 0 radical (unpaired) electrons. The third-order valence-electron chi connectivity index (χ3n) is 2.87. The molecule has 0 saturated heterocycles. The summed E-state index contributed by atoms with van der Waals surface area (Å²) in [6, 6.07) is 6.04. The number of hydrogen-bond acceptors (Lipinski definition) is 4. The largest absolute Gasteiger partial charge is 0.415 e. The number of anilines is 1. The number of amides is 1. The molecule has 2 rings (SSSR count). The van der Waals surface area contributed by atoms with E-state index in [2.05, 4.69) is 15.4 Å². The van der Waals surface area contributed by atoms with Crippen LogP contribution in [-0.4, -0.2) is 32.4 Å². The van der Waals surface area contributed by atoms with Crippen LogP contribution in [0, 0.1) is 0 Å². The van der Waals surface area contributed by atoms with Crippen molar-refractivity contribution in [3.63, 3.8) is 0 Å². The van der Waals surface area contributed by atoms with Gasteiger partial charge in [-0.05, 0) is 31.2 Å². The number of nitrogens with zero attached hydrogens (tertiary/aromatic N) is 3. The van der Waals surface area contributed by atoms with Crippen molar-refractivity contribution < 1.29 is 18.0 Å². The molecule has 21 heavy (non-hydrogen) atoms. The van der Waals surface area contributed by atoms with Crippen LogP contribution in [0.1, 0.15) is 6.92 Å². The van der Waals surface area contributed by atoms with Crippen LogP contribution in [-0.2, 0) is 4.79 Å². The van der Waals surface area contributed by atoms with E-state index >= 15 is 0 Å². The fraction of sp³-hybridized carbons (Fsp3) is 0.250. The topological polar surface area (TPSA) is 85.8 Å². The molecule has 0 bridgehead atoms. The number of nitrogens with two attached hydrogens (primary N) is 1. The molecule has 0 saturated carbocycles. The molecule has 0 aliphatic heterocycles. The first-order valence-electron chi connectivity index (χ1n) is 5.84. The number of benzene rings is 1. The van der Waals surface area contributed by atoms with Crippen LogP contribution in [0.15, 0.2) is 36.9 Å². The molecule has 1 heterocycles. The first-order chi connectivity index (χ1) is 9.72. The molecule has 0 spiro atoms. The molecule has 1 aromatic carbocycles. The van der Waals surface area contributed by atoms with Gasteiger partial charge >= 0.3 is 6.18 Å². The average Bonchev–Trinajstić information content (AvgIpc) is 2.92. The van der Waals surface area contributed by atoms with Gasteiger partial charge in [0.25, 0.3) is 5.91 Å². The van der Waals surface area contributed by atoms with Crippen LogP contribution in [0.5, 0.6) is 0 Å². The van der Waals surface area contributed by atoms with E-state index in [1.54, 1.807) is 12.1 Å². The zero-order valence-electron chi connectivity index (χ0n) is 10.9. The lowest BCUT2D eigenvalue weighted by Gasteiger charge is -2.26. The minimum atomic E-state index is -4.84. The molecule has 0 aliphatic rings. The highest BCUT2D eigenvalue weighted by Gasteiger charge is 2.53. The minimum Gasteiger partial charge on any atom is -0.324 e. The Balaban J connectivity index is 2.12. The Morgan fingerprint density at radius 2 is 1.90 bits per heavy atom. The number of carbonyl (C=O) groups is 1. The fourth-order valence-corrected chi connectivity index (χ4v) is 1.43. The van der Waals surface area contributed by atoms with Crippen molar-refractivity contribution in [3.05, 3.63) is 36.9 Å². The van der Waals surface area contributed by atoms with Gasteiger partial charge in [0.1, 0.15) is 12.7 Å². The van der Waals surface area contributed by atoms with Gasteiger partial charge in [0.2, 0.25) is 0 Å². The summed E-state index contributed by atoms with van der Waals surface area (Å²) in [7, 11) is 0. The number of alkyl halides is 3. The molecule has 0 aliphatic carbocycles. The molecular weight excluding hydrogens is 287 g/mol. The number of nitrogens with one attached hydrogen (secondary N) is 1. The summed E-state index contributed by atoms with van der Waals surface area (Å²) < 4.78 is 39.4. The molecule has 9 heteroatoms. The number of aromatic nitrogens is 3. The van der Waals surface area contributed by atoms with E-state index in [9.17, 15) is 18.0 Å². The van der Waals surface area contributed by atoms with Crippen molar-refractivity contribution in [1.29, 1.82) is 0 Å². The minimum absolute atomic E-state index is 0.199. The van der Waals surface area contributed by atoms with E-state index < -0.39 is 17.6 Å². The van der Waals surface area contributed by atoms with E-state index in [1.165, 1.54) is 29.5 Å². The van der Waals surface area contributed by atoms with Crippen molar-refractivity contribution in [2.24, 2.45) is 5.73 Å². The lowest BCUT2D eigenvalue weighted by Crippen LogP contribution is -2.59. The summed E-state index contributed by atoms with van der Waals surface area (Å²) in [6.07, 6.45) is -2.02. The Labute approximate surface area is 117 Å². The standard InChI is InChI=1S/C12H12F3N5O/c1-11(16,12(13,14)15)10(21)19-8-2-4-9(5-3-8)20-7-17-6-18-20/h2-7H,16H2,1H3,(H,19,21). The highest BCUT2D eigenvalue weighted by Crippen LogP contribution is 2.29. The highest BCUT2D eigenvalue weighted by molar-refractivity contribution is 5.98. The number of hydrogen-bond donors (Lipinski definition) is 2. The summed E-state index contributed by atoms with van der Waals surface area (Å²) in [6.45, 7) is 0.617. The number of carbonyl (C=O) groups excluding carboxylic acids is 1. The normalized spacial score (nSPS) is 14.5. The predicted octanol–water partition coefficient (Wildman–Crippen LogP) is 1.49. The van der Waals surface area contributed by atoms with E-state index in [0.717, 1.165) is 0 Å². The second-order valence-corrected chi connectivity index (χ2v) is 4.54. The zero-order chi connectivity index (χ0) is 15.7. The molecule has 2 aromatic rings. The summed E-state index contributed by atoms with van der Waals surface area (Å²) in [4.78, 5) is 15.4. The first kappa shape index (κ1) is 15.0. The summed E-state index contributed by atoms with van der Waals surface area (Å²) in [5.74, 6) is -1.33. The molecule has 112 valence electrons. The second kappa shape index (κ2) is 5.17. The SMILES string of the molecule is CC(N)(C(=O)Nc1ccc(-n2cncn2)cc1)C(F)(F)F. The van der Waals surface area contributed by atoms with Crippen molar-refractivity contribution in [2.45, 2.75) is 18.6 Å². The molecule has 0 fully saturated rings. The smallest absolute Gasteiger partial charge is 0.324 e. The van der Waals surface area contributed by atoms with Crippen molar-refractivity contribution in [3.8, 4) is 5.69 Å². The van der Waals surface area contributed by atoms with Gasteiger partial charge in [-0.2, -0.15) is 18.3 Å². The maximum Gasteiger partial charge on any atom is 0.415 e. The van der Waals surface area contributed by atoms with Gasteiger partial charge in [-0.1, -0.05) is 0 Å². The van der Waals surface area contributed by atoms with Gasteiger partial charge in [0, 0.05) is 5.69 Å². The lowest BCUT2D eigenvalue weighted by molar-refractivity contribution is -0.184. The summed E-state index contributed by atoms with van der Waals surface area (Å²) in [5, 5.41) is 6.03. The van der Waals surface area contributed by atoms with E-state index in [1.807, 2.05) is 0 Å². The van der Waals surface area contributed by atoms with E-state index in [-0.39, 0.29) is 5.69 Å². The molecule has 1 unspecified atom stereocenters. The van der Waals surface area contributed by atoms with Crippen LogP contribution in [0.3, 0.4) is 0 Å². The lowest BCUT2D eigenvalue weighted by atomic mass is 10.0. The Hall–Kier alpha value is -2.42. The maximum absolute atomic E-state index is 12.6. The average molecular weight is 299 g/mol. The van der Waals surface area contributed by atoms with Crippen LogP contribution in [0.25, 0.3) is 5.69 Å². The first-order valence-corrected chi connectivity index (χ1v) is 5.84. The van der Waals surface area contributed by atoms with Gasteiger partial charge in [0.05, 0.1) is 5.69 Å². The quantitative estimate of drug-likeness (QED) is 0.899. The van der Waals surface area contributed by atoms with Gasteiger partial charge in [-0.15, -0.1) is 0 Å². The van der Waals surface area contributed by atoms with Crippen LogP contribution in [0.4, 0.5) is 18.9 Å². The summed E-state index contributed by atoms with van der Waals surface area (Å²) >= 11 is 0. The molecule has 1 amide bonds. The Morgan fingerprint density at radius 1 is 1.29 bits per heavy atom. The van der Waals surface area contributed by atoms with Gasteiger partial charge < -0.3 is 11.1 Å².